The second kappa shape index (κ2) is 4.70. The normalized spacial score (nSPS) is 21.9. The third-order valence-corrected chi connectivity index (χ3v) is 3.83. The topological polar surface area (TPSA) is 53.4 Å². The van der Waals surface area contributed by atoms with Crippen molar-refractivity contribution in [1.82, 2.24) is 24.7 Å². The summed E-state index contributed by atoms with van der Waals surface area (Å²) in [5, 5.41) is 3.35. The zero-order valence-corrected chi connectivity index (χ0v) is 10.7. The van der Waals surface area contributed by atoms with Gasteiger partial charge in [0.05, 0.1) is 0 Å². The molecule has 2 aliphatic heterocycles. The SMILES string of the molecule is Cn1ccnc1C(=O)N1CC(N2CCNCC2)C1. The summed E-state index contributed by atoms with van der Waals surface area (Å²) in [4.78, 5) is 20.6. The third kappa shape index (κ3) is 2.02. The molecule has 0 spiro atoms. The molecule has 2 aliphatic rings. The Bertz CT molecular complexity index is 431. The summed E-state index contributed by atoms with van der Waals surface area (Å²) < 4.78 is 1.78. The van der Waals surface area contributed by atoms with Gasteiger partial charge in [0, 0.05) is 64.8 Å². The Morgan fingerprint density at radius 1 is 1.39 bits per heavy atom. The summed E-state index contributed by atoms with van der Waals surface area (Å²) in [5.74, 6) is 0.586. The van der Waals surface area contributed by atoms with Gasteiger partial charge in [0.1, 0.15) is 0 Å². The minimum Gasteiger partial charge on any atom is -0.333 e. The first-order valence-corrected chi connectivity index (χ1v) is 6.47. The van der Waals surface area contributed by atoms with Crippen LogP contribution in [0.5, 0.6) is 0 Å². The van der Waals surface area contributed by atoms with Gasteiger partial charge in [0.15, 0.2) is 5.82 Å². The van der Waals surface area contributed by atoms with Crippen LogP contribution in [0.4, 0.5) is 0 Å². The van der Waals surface area contributed by atoms with Crippen molar-refractivity contribution in [3.05, 3.63) is 18.2 Å². The summed E-state index contributed by atoms with van der Waals surface area (Å²) >= 11 is 0. The van der Waals surface area contributed by atoms with Crippen molar-refractivity contribution in [2.24, 2.45) is 7.05 Å². The molecule has 18 heavy (non-hydrogen) atoms. The molecule has 1 N–H and O–H groups in total. The first-order chi connectivity index (χ1) is 8.75. The molecular weight excluding hydrogens is 230 g/mol. The number of likely N-dealkylation sites (tertiary alicyclic amines) is 1. The molecule has 6 heteroatoms. The van der Waals surface area contributed by atoms with Crippen LogP contribution in [0.15, 0.2) is 12.4 Å². The maximum atomic E-state index is 12.1. The van der Waals surface area contributed by atoms with Crippen LogP contribution in [0.25, 0.3) is 0 Å². The minimum absolute atomic E-state index is 0.0499. The molecule has 0 unspecified atom stereocenters. The van der Waals surface area contributed by atoms with E-state index in [1.807, 2.05) is 11.9 Å². The molecule has 6 nitrogen and oxygen atoms in total. The number of carbonyl (C=O) groups is 1. The van der Waals surface area contributed by atoms with Crippen LogP contribution >= 0.6 is 0 Å². The number of nitrogens with zero attached hydrogens (tertiary/aromatic N) is 4. The molecule has 0 radical (unpaired) electrons. The van der Waals surface area contributed by atoms with Crippen LogP contribution in [0.3, 0.4) is 0 Å². The summed E-state index contributed by atoms with van der Waals surface area (Å²) in [6.45, 7) is 5.98. The lowest BCUT2D eigenvalue weighted by molar-refractivity contribution is 0.0215. The summed E-state index contributed by atoms with van der Waals surface area (Å²) in [5.41, 5.74) is 0. The number of nitrogens with one attached hydrogen (secondary N) is 1. The van der Waals surface area contributed by atoms with E-state index in [0.717, 1.165) is 39.3 Å². The van der Waals surface area contributed by atoms with E-state index in [4.69, 9.17) is 0 Å². The minimum atomic E-state index is 0.0499. The van der Waals surface area contributed by atoms with Crippen molar-refractivity contribution in [3.8, 4) is 0 Å². The van der Waals surface area contributed by atoms with Crippen LogP contribution < -0.4 is 5.32 Å². The summed E-state index contributed by atoms with van der Waals surface area (Å²) in [6.07, 6.45) is 3.47. The maximum Gasteiger partial charge on any atom is 0.289 e. The van der Waals surface area contributed by atoms with E-state index in [2.05, 4.69) is 15.2 Å². The molecule has 1 amide bonds. The first-order valence-electron chi connectivity index (χ1n) is 6.47. The van der Waals surface area contributed by atoms with Crippen LogP contribution in [-0.2, 0) is 7.05 Å². The lowest BCUT2D eigenvalue weighted by Crippen LogP contribution is -2.64. The maximum absolute atomic E-state index is 12.1. The van der Waals surface area contributed by atoms with Gasteiger partial charge in [-0.15, -0.1) is 0 Å². The highest BCUT2D eigenvalue weighted by molar-refractivity contribution is 5.91. The molecule has 2 fully saturated rings. The van der Waals surface area contributed by atoms with Gasteiger partial charge in [0.2, 0.25) is 0 Å². The van der Waals surface area contributed by atoms with Gasteiger partial charge in [-0.1, -0.05) is 0 Å². The van der Waals surface area contributed by atoms with Gasteiger partial charge in [-0.3, -0.25) is 9.69 Å². The fourth-order valence-electron chi connectivity index (χ4n) is 2.61. The van der Waals surface area contributed by atoms with E-state index >= 15 is 0 Å². The standard InChI is InChI=1S/C12H19N5O/c1-15-5-4-14-11(15)12(18)17-8-10(9-17)16-6-2-13-3-7-16/h4-5,10,13H,2-3,6-9H2,1H3. The lowest BCUT2D eigenvalue weighted by Gasteiger charge is -2.46. The number of hydrogen-bond donors (Lipinski definition) is 1. The molecule has 98 valence electrons. The van der Waals surface area contributed by atoms with E-state index in [0.29, 0.717) is 11.9 Å². The predicted octanol–water partition coefficient (Wildman–Crippen LogP) is -0.850. The van der Waals surface area contributed by atoms with Crippen molar-refractivity contribution in [2.75, 3.05) is 39.3 Å². The van der Waals surface area contributed by atoms with E-state index in [1.54, 1.807) is 17.0 Å². The van der Waals surface area contributed by atoms with Crippen molar-refractivity contribution in [3.63, 3.8) is 0 Å². The molecule has 0 aliphatic carbocycles. The molecule has 0 bridgehead atoms. The lowest BCUT2D eigenvalue weighted by atomic mass is 10.1. The Labute approximate surface area is 107 Å². The highest BCUT2D eigenvalue weighted by Crippen LogP contribution is 2.17. The monoisotopic (exact) mass is 249 g/mol. The molecule has 2 saturated heterocycles. The number of imidazole rings is 1. The summed E-state index contributed by atoms with van der Waals surface area (Å²) in [7, 11) is 1.85. The van der Waals surface area contributed by atoms with E-state index < -0.39 is 0 Å². The third-order valence-electron chi connectivity index (χ3n) is 3.83. The Hall–Kier alpha value is -1.40. The number of piperazine rings is 1. The Kier molecular flexibility index (Phi) is 3.05. The molecule has 0 aromatic carbocycles. The van der Waals surface area contributed by atoms with Gasteiger partial charge in [-0.25, -0.2) is 4.98 Å². The second-order valence-corrected chi connectivity index (χ2v) is 5.01. The van der Waals surface area contributed by atoms with Crippen LogP contribution in [0.2, 0.25) is 0 Å². The van der Waals surface area contributed by atoms with Gasteiger partial charge >= 0.3 is 0 Å². The number of aromatic nitrogens is 2. The van der Waals surface area contributed by atoms with Crippen LogP contribution in [-0.4, -0.2) is 70.6 Å². The van der Waals surface area contributed by atoms with Crippen molar-refractivity contribution >= 4 is 5.91 Å². The largest absolute Gasteiger partial charge is 0.333 e. The quantitative estimate of drug-likeness (QED) is 0.742. The highest BCUT2D eigenvalue weighted by Gasteiger charge is 2.36. The van der Waals surface area contributed by atoms with Crippen molar-refractivity contribution < 1.29 is 4.79 Å². The smallest absolute Gasteiger partial charge is 0.289 e. The first kappa shape index (κ1) is 11.7. The molecular formula is C12H19N5O. The van der Waals surface area contributed by atoms with E-state index in [9.17, 15) is 4.79 Å². The highest BCUT2D eigenvalue weighted by atomic mass is 16.2. The summed E-state index contributed by atoms with van der Waals surface area (Å²) in [6, 6.07) is 0.538. The number of carbonyl (C=O) groups excluding carboxylic acids is 1. The second-order valence-electron chi connectivity index (χ2n) is 5.01. The van der Waals surface area contributed by atoms with Gasteiger partial charge in [0.25, 0.3) is 5.91 Å². The fourth-order valence-corrected chi connectivity index (χ4v) is 2.61. The Morgan fingerprint density at radius 3 is 2.72 bits per heavy atom. The van der Waals surface area contributed by atoms with Gasteiger partial charge in [-0.05, 0) is 0 Å². The number of rotatable bonds is 2. The zero-order valence-electron chi connectivity index (χ0n) is 10.7. The van der Waals surface area contributed by atoms with Gasteiger partial charge in [-0.2, -0.15) is 0 Å². The average Bonchev–Trinajstić information content (AvgIpc) is 2.75. The molecule has 0 atom stereocenters. The fraction of sp³-hybridized carbons (Fsp3) is 0.667. The Balaban J connectivity index is 1.55. The molecule has 1 aromatic heterocycles. The molecule has 3 heterocycles. The van der Waals surface area contributed by atoms with E-state index in [-0.39, 0.29) is 5.91 Å². The van der Waals surface area contributed by atoms with Crippen LogP contribution in [0.1, 0.15) is 10.6 Å². The Morgan fingerprint density at radius 2 is 2.11 bits per heavy atom. The number of hydrogen-bond acceptors (Lipinski definition) is 4. The predicted molar refractivity (Wildman–Crippen MR) is 67.3 cm³/mol. The van der Waals surface area contributed by atoms with Crippen molar-refractivity contribution in [2.45, 2.75) is 6.04 Å². The molecule has 0 saturated carbocycles. The van der Waals surface area contributed by atoms with Gasteiger partial charge < -0.3 is 14.8 Å². The number of aryl methyl sites for hydroxylation is 1. The van der Waals surface area contributed by atoms with Crippen LogP contribution in [0, 0.1) is 0 Å². The van der Waals surface area contributed by atoms with Crippen molar-refractivity contribution in [1.29, 1.82) is 0 Å². The number of amides is 1. The van der Waals surface area contributed by atoms with E-state index in [1.165, 1.54) is 0 Å². The molecule has 1 aromatic rings. The molecule has 3 rings (SSSR count). The zero-order chi connectivity index (χ0) is 12.5. The average molecular weight is 249 g/mol.